The van der Waals surface area contributed by atoms with Gasteiger partial charge in [-0.25, -0.2) is 9.97 Å². The van der Waals surface area contributed by atoms with Gasteiger partial charge in [0, 0.05) is 50.8 Å². The number of rotatable bonds is 2. The number of amides is 3. The molecule has 31 heavy (non-hydrogen) atoms. The van der Waals surface area contributed by atoms with Gasteiger partial charge < -0.3 is 14.7 Å². The van der Waals surface area contributed by atoms with E-state index in [4.69, 9.17) is 0 Å². The number of piperidine rings is 3. The second kappa shape index (κ2) is 7.00. The Morgan fingerprint density at radius 2 is 1.94 bits per heavy atom. The highest BCUT2D eigenvalue weighted by atomic mass is 16.2. The summed E-state index contributed by atoms with van der Waals surface area (Å²) in [6.07, 6.45) is 9.76. The van der Waals surface area contributed by atoms with Gasteiger partial charge in [-0.2, -0.15) is 0 Å². The number of hydrogen-bond acceptors (Lipinski definition) is 5. The fourth-order valence-corrected chi connectivity index (χ4v) is 6.61. The summed E-state index contributed by atoms with van der Waals surface area (Å²) in [6.45, 7) is 2.78. The zero-order valence-electron chi connectivity index (χ0n) is 17.8. The number of aromatic nitrogens is 2. The second-order valence-corrected chi connectivity index (χ2v) is 10.3. The van der Waals surface area contributed by atoms with Gasteiger partial charge in [0.2, 0.25) is 11.8 Å². The number of carbonyl (C=O) groups excluding carboxylic acids is 3. The molecule has 4 saturated heterocycles. The molecule has 3 amide bonds. The average Bonchev–Trinajstić information content (AvgIpc) is 3.42. The van der Waals surface area contributed by atoms with E-state index in [0.29, 0.717) is 30.6 Å². The van der Waals surface area contributed by atoms with Crippen molar-refractivity contribution < 1.29 is 14.4 Å². The lowest BCUT2D eigenvalue weighted by Crippen LogP contribution is -2.68. The minimum Gasteiger partial charge on any atom is -0.340 e. The summed E-state index contributed by atoms with van der Waals surface area (Å²) in [4.78, 5) is 53.8. The van der Waals surface area contributed by atoms with Gasteiger partial charge in [0.1, 0.15) is 18.1 Å². The first-order valence-corrected chi connectivity index (χ1v) is 11.7. The third-order valence-corrected chi connectivity index (χ3v) is 8.39. The molecule has 0 N–H and O–H groups in total. The Morgan fingerprint density at radius 1 is 1.10 bits per heavy atom. The van der Waals surface area contributed by atoms with Crippen LogP contribution in [0.2, 0.25) is 0 Å². The number of nitrogens with zero attached hydrogens (tertiary/aromatic N) is 5. The van der Waals surface area contributed by atoms with Crippen LogP contribution in [0.4, 0.5) is 0 Å². The Bertz CT molecular complexity index is 917. The quantitative estimate of drug-likeness (QED) is 0.716. The molecule has 4 aliphatic heterocycles. The second-order valence-electron chi connectivity index (χ2n) is 10.3. The summed E-state index contributed by atoms with van der Waals surface area (Å²) in [5.41, 5.74) is 0.754. The maximum atomic E-state index is 13.8. The van der Waals surface area contributed by atoms with Crippen molar-refractivity contribution in [3.05, 3.63) is 24.3 Å². The van der Waals surface area contributed by atoms with Crippen molar-refractivity contribution in [2.45, 2.75) is 57.0 Å². The van der Waals surface area contributed by atoms with Gasteiger partial charge in [-0.15, -0.1) is 0 Å². The lowest BCUT2D eigenvalue weighted by Gasteiger charge is -2.56. The summed E-state index contributed by atoms with van der Waals surface area (Å²) >= 11 is 0. The van der Waals surface area contributed by atoms with E-state index < -0.39 is 6.04 Å². The standard InChI is InChI=1S/C23H29N5O3/c29-19-3-1-2-18-15-10-16(12-27(11-15)21(30)17-4-8-24-14-25-17)20(28(18)19)22(31)26-9-7-23(13-26)5-6-23/h4,8,14-16,18,20H,1-3,5-7,9-13H2/t15-,16+,18-,20+/m0/s1. The van der Waals surface area contributed by atoms with Gasteiger partial charge in [0.05, 0.1) is 0 Å². The molecule has 5 fully saturated rings. The summed E-state index contributed by atoms with van der Waals surface area (Å²) in [5.74, 6) is 0.360. The molecular weight excluding hydrogens is 394 g/mol. The maximum Gasteiger partial charge on any atom is 0.272 e. The number of carbonyl (C=O) groups is 3. The van der Waals surface area contributed by atoms with Crippen LogP contribution in [0.3, 0.4) is 0 Å². The van der Waals surface area contributed by atoms with E-state index in [1.54, 1.807) is 12.3 Å². The van der Waals surface area contributed by atoms with Crippen LogP contribution in [0.25, 0.3) is 0 Å². The smallest absolute Gasteiger partial charge is 0.272 e. The molecule has 1 saturated carbocycles. The third-order valence-electron chi connectivity index (χ3n) is 8.39. The first-order valence-electron chi connectivity index (χ1n) is 11.7. The number of likely N-dealkylation sites (tertiary alicyclic amines) is 2. The Balaban J connectivity index is 1.30. The Kier molecular flexibility index (Phi) is 4.34. The van der Waals surface area contributed by atoms with Crippen LogP contribution in [0.1, 0.15) is 55.4 Å². The molecule has 1 aromatic rings. The van der Waals surface area contributed by atoms with Gasteiger partial charge in [-0.05, 0) is 55.9 Å². The fraction of sp³-hybridized carbons (Fsp3) is 0.696. The Hall–Kier alpha value is -2.51. The number of hydrogen-bond donors (Lipinski definition) is 0. The molecule has 5 aliphatic rings. The number of fused-ring (bicyclic) bond motifs is 4. The van der Waals surface area contributed by atoms with Gasteiger partial charge in [-0.3, -0.25) is 14.4 Å². The molecule has 4 atom stereocenters. The van der Waals surface area contributed by atoms with Crippen molar-refractivity contribution in [1.82, 2.24) is 24.7 Å². The van der Waals surface area contributed by atoms with E-state index in [1.807, 2.05) is 14.7 Å². The molecule has 8 heteroatoms. The lowest BCUT2D eigenvalue weighted by atomic mass is 9.71. The summed E-state index contributed by atoms with van der Waals surface area (Å²) < 4.78 is 0. The van der Waals surface area contributed by atoms with Gasteiger partial charge in [0.25, 0.3) is 5.91 Å². The van der Waals surface area contributed by atoms with Crippen molar-refractivity contribution >= 4 is 17.7 Å². The molecule has 1 spiro atoms. The van der Waals surface area contributed by atoms with Crippen molar-refractivity contribution in [1.29, 1.82) is 0 Å². The van der Waals surface area contributed by atoms with Crippen molar-refractivity contribution in [3.8, 4) is 0 Å². The molecule has 5 heterocycles. The highest BCUT2D eigenvalue weighted by Gasteiger charge is 2.56. The average molecular weight is 424 g/mol. The normalized spacial score (nSPS) is 33.4. The van der Waals surface area contributed by atoms with Crippen molar-refractivity contribution in [3.63, 3.8) is 0 Å². The lowest BCUT2D eigenvalue weighted by molar-refractivity contribution is -0.163. The predicted molar refractivity (Wildman–Crippen MR) is 111 cm³/mol. The largest absolute Gasteiger partial charge is 0.340 e. The van der Waals surface area contributed by atoms with E-state index >= 15 is 0 Å². The molecule has 0 unspecified atom stereocenters. The zero-order valence-corrected chi connectivity index (χ0v) is 17.8. The molecule has 0 radical (unpaired) electrons. The van der Waals surface area contributed by atoms with Crippen LogP contribution in [0.15, 0.2) is 18.6 Å². The SMILES string of the molecule is O=C(c1ccncn1)N1C[C@@H]2C[C@H](C1)[C@H](C(=O)N1CCC3(CC3)C1)N1C(=O)CCC[C@@H]21. The fourth-order valence-electron chi connectivity index (χ4n) is 6.61. The van der Waals surface area contributed by atoms with Gasteiger partial charge >= 0.3 is 0 Å². The predicted octanol–water partition coefficient (Wildman–Crippen LogP) is 1.33. The van der Waals surface area contributed by atoms with Crippen LogP contribution < -0.4 is 0 Å². The molecule has 1 aromatic heterocycles. The van der Waals surface area contributed by atoms with E-state index in [-0.39, 0.29) is 35.6 Å². The molecule has 6 rings (SSSR count). The molecule has 1 aliphatic carbocycles. The summed E-state index contributed by atoms with van der Waals surface area (Å²) in [6, 6.07) is 1.28. The van der Waals surface area contributed by atoms with Crippen LogP contribution in [-0.2, 0) is 9.59 Å². The topological polar surface area (TPSA) is 86.7 Å². The highest BCUT2D eigenvalue weighted by Crippen LogP contribution is 2.53. The van der Waals surface area contributed by atoms with E-state index in [9.17, 15) is 14.4 Å². The van der Waals surface area contributed by atoms with E-state index in [0.717, 1.165) is 38.8 Å². The summed E-state index contributed by atoms with van der Waals surface area (Å²) in [5, 5.41) is 0. The van der Waals surface area contributed by atoms with Crippen LogP contribution in [0, 0.1) is 17.3 Å². The maximum absolute atomic E-state index is 13.8. The molecule has 2 bridgehead atoms. The molecular formula is C23H29N5O3. The Morgan fingerprint density at radius 3 is 2.68 bits per heavy atom. The first-order chi connectivity index (χ1) is 15.0. The van der Waals surface area contributed by atoms with Crippen LogP contribution in [0.5, 0.6) is 0 Å². The van der Waals surface area contributed by atoms with Crippen LogP contribution in [-0.4, -0.2) is 80.7 Å². The van der Waals surface area contributed by atoms with Gasteiger partial charge in [0.15, 0.2) is 0 Å². The van der Waals surface area contributed by atoms with Gasteiger partial charge in [-0.1, -0.05) is 0 Å². The molecule has 164 valence electrons. The van der Waals surface area contributed by atoms with E-state index in [1.165, 1.54) is 19.2 Å². The third kappa shape index (κ3) is 3.13. The monoisotopic (exact) mass is 423 g/mol. The molecule has 0 aromatic carbocycles. The molecule has 8 nitrogen and oxygen atoms in total. The van der Waals surface area contributed by atoms with Crippen molar-refractivity contribution in [2.75, 3.05) is 26.2 Å². The summed E-state index contributed by atoms with van der Waals surface area (Å²) in [7, 11) is 0. The minimum atomic E-state index is -0.427. The zero-order chi connectivity index (χ0) is 21.2. The van der Waals surface area contributed by atoms with Crippen LogP contribution >= 0.6 is 0 Å². The van der Waals surface area contributed by atoms with E-state index in [2.05, 4.69) is 9.97 Å². The Labute approximate surface area is 182 Å². The first kappa shape index (κ1) is 19.2. The minimum absolute atomic E-state index is 0.00825. The highest BCUT2D eigenvalue weighted by molar-refractivity contribution is 5.93. The van der Waals surface area contributed by atoms with Crippen molar-refractivity contribution in [2.24, 2.45) is 17.3 Å².